The van der Waals surface area contributed by atoms with E-state index in [-0.39, 0.29) is 53.3 Å². The van der Waals surface area contributed by atoms with Crippen molar-refractivity contribution in [2.45, 2.75) is 50.9 Å². The summed E-state index contributed by atoms with van der Waals surface area (Å²) in [4.78, 5) is 87.1. The smallest absolute Gasteiger partial charge is 0.269 e. The van der Waals surface area contributed by atoms with Crippen LogP contribution in [0.3, 0.4) is 0 Å². The predicted molar refractivity (Wildman–Crippen MR) is 226 cm³/mol. The summed E-state index contributed by atoms with van der Waals surface area (Å²) in [6, 6.07) is 19.6. The summed E-state index contributed by atoms with van der Waals surface area (Å²) >= 11 is 0. The minimum atomic E-state index is -1.38. The monoisotopic (exact) mass is 827 g/mol. The zero-order chi connectivity index (χ0) is 43.2. The highest BCUT2D eigenvalue weighted by Gasteiger charge is 2.45. The van der Waals surface area contributed by atoms with Crippen molar-refractivity contribution in [1.29, 1.82) is 0 Å². The number of pyridine rings is 2. The third kappa shape index (κ3) is 8.82. The van der Waals surface area contributed by atoms with Gasteiger partial charge in [-0.05, 0) is 62.6 Å². The molecule has 2 aromatic heterocycles. The number of nitrogens with one attached hydrogen (secondary N) is 6. The van der Waals surface area contributed by atoms with Gasteiger partial charge in [-0.3, -0.25) is 43.6 Å². The average molecular weight is 828 g/mol. The summed E-state index contributed by atoms with van der Waals surface area (Å²) in [5.41, 5.74) is 4.46. The second kappa shape index (κ2) is 18.3. The molecule has 2 aliphatic heterocycles. The standard InChI is InChI=1S/C44H45N9O8/c1-24(50-31-13-9-12-27-37(31)44(60)53(43(27)59)34-16-17-36(54)52-42(34)58)39(55)46-18-7-8-19-47-41(57)32-15-14-25(22-48-32)28-20-29-33(21-35(28)61-3)49-23-30(40(56)45-2)38(29)51-26-10-5-4-6-11-26/h4-6,9-15,20-24,34,42,50,58H,7-8,16-19H2,1-3H3,(H,45,56)(H,46,55)(H,47,57)(H,49,51)(H,52,54)/t24-,34?,42?/m0/s1. The van der Waals surface area contributed by atoms with E-state index >= 15 is 0 Å². The Morgan fingerprint density at radius 2 is 1.67 bits per heavy atom. The Balaban J connectivity index is 0.917. The van der Waals surface area contributed by atoms with Crippen LogP contribution in [0.4, 0.5) is 17.1 Å². The van der Waals surface area contributed by atoms with Gasteiger partial charge in [0.2, 0.25) is 11.8 Å². The molecule has 2 unspecified atom stereocenters. The van der Waals surface area contributed by atoms with E-state index in [1.54, 1.807) is 57.6 Å². The van der Waals surface area contributed by atoms with Gasteiger partial charge < -0.3 is 41.7 Å². The van der Waals surface area contributed by atoms with Crippen molar-refractivity contribution >= 4 is 63.4 Å². The zero-order valence-corrected chi connectivity index (χ0v) is 33.7. The quantitative estimate of drug-likeness (QED) is 0.0591. The van der Waals surface area contributed by atoms with Crippen LogP contribution in [0.5, 0.6) is 5.75 Å². The van der Waals surface area contributed by atoms with Crippen molar-refractivity contribution in [3.8, 4) is 16.9 Å². The number of carbonyl (C=O) groups is 6. The van der Waals surface area contributed by atoms with Gasteiger partial charge in [0.1, 0.15) is 23.7 Å². The second-order valence-corrected chi connectivity index (χ2v) is 14.6. The molecule has 314 valence electrons. The fourth-order valence-corrected chi connectivity index (χ4v) is 7.38. The van der Waals surface area contributed by atoms with Crippen LogP contribution >= 0.6 is 0 Å². The second-order valence-electron chi connectivity index (χ2n) is 14.6. The van der Waals surface area contributed by atoms with Gasteiger partial charge >= 0.3 is 0 Å². The number of aliphatic hydroxyl groups is 1. The lowest BCUT2D eigenvalue weighted by Gasteiger charge is -2.33. The number of nitrogens with zero attached hydrogens (tertiary/aromatic N) is 3. The molecule has 7 rings (SSSR count). The highest BCUT2D eigenvalue weighted by Crippen LogP contribution is 2.38. The summed E-state index contributed by atoms with van der Waals surface area (Å²) in [5.74, 6) is -2.02. The first-order valence-corrected chi connectivity index (χ1v) is 19.8. The number of hydrogen-bond acceptors (Lipinski definition) is 12. The number of hydrogen-bond donors (Lipinski definition) is 7. The first-order valence-electron chi connectivity index (χ1n) is 19.8. The van der Waals surface area contributed by atoms with Gasteiger partial charge in [0.25, 0.3) is 23.6 Å². The molecule has 0 radical (unpaired) electrons. The number of benzene rings is 3. The van der Waals surface area contributed by atoms with Crippen LogP contribution in [0.15, 0.2) is 85.2 Å². The van der Waals surface area contributed by atoms with Crippen LogP contribution in [0.2, 0.25) is 0 Å². The van der Waals surface area contributed by atoms with Crippen LogP contribution in [0.25, 0.3) is 22.0 Å². The molecular formula is C44H45N9O8. The van der Waals surface area contributed by atoms with E-state index in [1.807, 2.05) is 36.4 Å². The molecule has 5 aromatic rings. The fraction of sp³-hybridized carbons (Fsp3) is 0.273. The van der Waals surface area contributed by atoms with Crippen molar-refractivity contribution < 1.29 is 38.6 Å². The number of aliphatic hydroxyl groups excluding tert-OH is 1. The highest BCUT2D eigenvalue weighted by molar-refractivity contribution is 6.24. The number of unbranched alkanes of at least 4 members (excludes halogenated alkanes) is 1. The van der Waals surface area contributed by atoms with E-state index in [1.165, 1.54) is 12.3 Å². The fourth-order valence-electron chi connectivity index (χ4n) is 7.38. The molecule has 0 saturated carbocycles. The summed E-state index contributed by atoms with van der Waals surface area (Å²) < 4.78 is 5.72. The first-order chi connectivity index (χ1) is 29.5. The molecule has 17 heteroatoms. The number of anilines is 3. The normalized spacial score (nSPS) is 16.3. The third-order valence-corrected chi connectivity index (χ3v) is 10.6. The molecular weight excluding hydrogens is 783 g/mol. The molecule has 1 saturated heterocycles. The SMILES string of the molecule is CNC(=O)c1cnc2cc(OC)c(-c3ccc(C(=O)NCCCCNC(=O)[C@H](C)Nc4cccc5c4C(=O)N(C4CCC(=O)NC4O)C5=O)nc3)cc2c1Nc1ccccc1. The number of amides is 6. The largest absolute Gasteiger partial charge is 0.496 e. The van der Waals surface area contributed by atoms with Crippen LogP contribution in [-0.4, -0.2) is 101 Å². The molecule has 1 fully saturated rings. The van der Waals surface area contributed by atoms with E-state index in [4.69, 9.17) is 4.74 Å². The summed E-state index contributed by atoms with van der Waals surface area (Å²) in [7, 11) is 3.11. The van der Waals surface area contributed by atoms with Gasteiger partial charge in [-0.1, -0.05) is 30.3 Å². The number of rotatable bonds is 15. The van der Waals surface area contributed by atoms with Crippen LogP contribution in [0, 0.1) is 0 Å². The number of aromatic nitrogens is 2. The number of carbonyl (C=O) groups excluding carboxylic acids is 6. The van der Waals surface area contributed by atoms with Gasteiger partial charge in [0.05, 0.1) is 41.0 Å². The topological polar surface area (TPSA) is 233 Å². The Morgan fingerprint density at radius 3 is 2.38 bits per heavy atom. The van der Waals surface area contributed by atoms with Crippen LogP contribution in [0.1, 0.15) is 74.2 Å². The van der Waals surface area contributed by atoms with E-state index in [0.29, 0.717) is 70.6 Å². The van der Waals surface area contributed by atoms with Gasteiger partial charge in [-0.2, -0.15) is 0 Å². The van der Waals surface area contributed by atoms with E-state index in [2.05, 4.69) is 41.9 Å². The number of para-hydroxylation sites is 1. The maximum atomic E-state index is 13.4. The average Bonchev–Trinajstić information content (AvgIpc) is 3.53. The molecule has 4 heterocycles. The molecule has 6 amide bonds. The predicted octanol–water partition coefficient (Wildman–Crippen LogP) is 3.73. The van der Waals surface area contributed by atoms with Gasteiger partial charge in [-0.25, -0.2) is 0 Å². The lowest BCUT2D eigenvalue weighted by atomic mass is 10.0. The van der Waals surface area contributed by atoms with Crippen molar-refractivity contribution in [3.63, 3.8) is 0 Å². The van der Waals surface area contributed by atoms with Gasteiger partial charge in [-0.15, -0.1) is 0 Å². The maximum absolute atomic E-state index is 13.4. The molecule has 3 aromatic carbocycles. The lowest BCUT2D eigenvalue weighted by Crippen LogP contribution is -2.57. The lowest BCUT2D eigenvalue weighted by molar-refractivity contribution is -0.129. The van der Waals surface area contributed by atoms with Gasteiger partial charge in [0.15, 0.2) is 0 Å². The number of piperidine rings is 1. The van der Waals surface area contributed by atoms with Crippen molar-refractivity contribution in [2.24, 2.45) is 0 Å². The van der Waals surface area contributed by atoms with Crippen molar-refractivity contribution in [3.05, 3.63) is 108 Å². The highest BCUT2D eigenvalue weighted by atomic mass is 16.5. The molecule has 61 heavy (non-hydrogen) atoms. The number of ether oxygens (including phenoxy) is 1. The Morgan fingerprint density at radius 1 is 0.902 bits per heavy atom. The molecule has 0 bridgehead atoms. The summed E-state index contributed by atoms with van der Waals surface area (Å²) in [6.45, 7) is 2.29. The van der Waals surface area contributed by atoms with Crippen LogP contribution in [-0.2, 0) is 9.59 Å². The zero-order valence-electron chi connectivity index (χ0n) is 33.7. The Kier molecular flexibility index (Phi) is 12.5. The van der Waals surface area contributed by atoms with Gasteiger partial charge in [0, 0.05) is 72.9 Å². The van der Waals surface area contributed by atoms with Crippen molar-refractivity contribution in [2.75, 3.05) is 37.9 Å². The van der Waals surface area contributed by atoms with E-state index in [0.717, 1.165) is 10.6 Å². The van der Waals surface area contributed by atoms with E-state index < -0.39 is 30.1 Å². The molecule has 17 nitrogen and oxygen atoms in total. The molecule has 0 spiro atoms. The Bertz CT molecular complexity index is 2520. The maximum Gasteiger partial charge on any atom is 0.269 e. The molecule has 3 atom stereocenters. The number of imide groups is 1. The molecule has 2 aliphatic rings. The first kappa shape index (κ1) is 41.7. The number of fused-ring (bicyclic) bond motifs is 2. The summed E-state index contributed by atoms with van der Waals surface area (Å²) in [6.07, 6.45) is 3.06. The minimum Gasteiger partial charge on any atom is -0.496 e. The molecule has 7 N–H and O–H groups in total. The summed E-state index contributed by atoms with van der Waals surface area (Å²) in [5, 5.41) is 28.2. The van der Waals surface area contributed by atoms with Crippen molar-refractivity contribution in [1.82, 2.24) is 36.1 Å². The number of methoxy groups -OCH3 is 1. The minimum absolute atomic E-state index is 0.0675. The Labute approximate surface area is 350 Å². The Hall–Kier alpha value is -7.40. The van der Waals surface area contributed by atoms with Crippen LogP contribution < -0.4 is 36.6 Å². The molecule has 0 aliphatic carbocycles. The van der Waals surface area contributed by atoms with E-state index in [9.17, 15) is 33.9 Å². The third-order valence-electron chi connectivity index (χ3n) is 10.6.